The van der Waals surface area contributed by atoms with Gasteiger partial charge in [0.1, 0.15) is 0 Å². The summed E-state index contributed by atoms with van der Waals surface area (Å²) in [7, 11) is -3.75. The van der Waals surface area contributed by atoms with Gasteiger partial charge in [0.2, 0.25) is 0 Å². The standard InChI is InChI=1S/C19H23ClN2O4S/c1-5-25-18-11-15(10-17(20)19(18)26-6-2)12-21-22-27(23,24)16-8-7-13(3)14(4)9-16/h7-12,22H,5-6H2,1-4H3/b21-12+. The maximum atomic E-state index is 12.4. The Morgan fingerprint density at radius 3 is 2.41 bits per heavy atom. The second kappa shape index (κ2) is 9.10. The summed E-state index contributed by atoms with van der Waals surface area (Å²) in [5.41, 5.74) is 2.49. The van der Waals surface area contributed by atoms with Crippen molar-refractivity contribution >= 4 is 27.8 Å². The number of aryl methyl sites for hydroxylation is 2. The fourth-order valence-electron chi connectivity index (χ4n) is 2.31. The van der Waals surface area contributed by atoms with Crippen LogP contribution in [0.25, 0.3) is 0 Å². The Bertz CT molecular complexity index is 943. The van der Waals surface area contributed by atoms with Crippen LogP contribution in [0.5, 0.6) is 11.5 Å². The predicted molar refractivity (Wildman–Crippen MR) is 108 cm³/mol. The Kier molecular flexibility index (Phi) is 7.10. The van der Waals surface area contributed by atoms with Gasteiger partial charge < -0.3 is 9.47 Å². The van der Waals surface area contributed by atoms with E-state index in [2.05, 4.69) is 9.93 Å². The van der Waals surface area contributed by atoms with E-state index in [4.69, 9.17) is 21.1 Å². The zero-order valence-electron chi connectivity index (χ0n) is 15.7. The Morgan fingerprint density at radius 1 is 1.07 bits per heavy atom. The van der Waals surface area contributed by atoms with Gasteiger partial charge >= 0.3 is 0 Å². The third-order valence-electron chi connectivity index (χ3n) is 3.80. The molecule has 146 valence electrons. The summed E-state index contributed by atoms with van der Waals surface area (Å²) in [6, 6.07) is 8.22. The Hall–Kier alpha value is -2.25. The van der Waals surface area contributed by atoms with Crippen molar-refractivity contribution in [3.8, 4) is 11.5 Å². The van der Waals surface area contributed by atoms with E-state index in [-0.39, 0.29) is 4.90 Å². The van der Waals surface area contributed by atoms with E-state index in [1.807, 2.05) is 27.7 Å². The van der Waals surface area contributed by atoms with Crippen LogP contribution in [0.15, 0.2) is 40.3 Å². The fourth-order valence-corrected chi connectivity index (χ4v) is 3.46. The molecule has 0 amide bonds. The van der Waals surface area contributed by atoms with Gasteiger partial charge in [-0.25, -0.2) is 4.83 Å². The molecule has 0 saturated carbocycles. The number of hydrazone groups is 1. The van der Waals surface area contributed by atoms with Crippen molar-refractivity contribution < 1.29 is 17.9 Å². The predicted octanol–water partition coefficient (Wildman–Crippen LogP) is 4.07. The van der Waals surface area contributed by atoms with Crippen LogP contribution < -0.4 is 14.3 Å². The van der Waals surface area contributed by atoms with Crippen molar-refractivity contribution in [3.63, 3.8) is 0 Å². The Labute approximate surface area is 165 Å². The highest BCUT2D eigenvalue weighted by atomic mass is 35.5. The first-order chi connectivity index (χ1) is 12.8. The molecule has 0 aliphatic heterocycles. The lowest BCUT2D eigenvalue weighted by atomic mass is 10.1. The third-order valence-corrected chi connectivity index (χ3v) is 5.30. The molecule has 0 heterocycles. The zero-order valence-corrected chi connectivity index (χ0v) is 17.3. The lowest BCUT2D eigenvalue weighted by Crippen LogP contribution is -2.18. The van der Waals surface area contributed by atoms with E-state index in [0.717, 1.165) is 11.1 Å². The molecule has 1 N–H and O–H groups in total. The van der Waals surface area contributed by atoms with Gasteiger partial charge in [-0.3, -0.25) is 0 Å². The molecule has 0 aromatic heterocycles. The summed E-state index contributed by atoms with van der Waals surface area (Å²) >= 11 is 6.24. The molecule has 0 aliphatic rings. The molecule has 2 aromatic rings. The number of nitrogens with one attached hydrogen (secondary N) is 1. The molecular weight excluding hydrogens is 388 g/mol. The molecule has 0 spiro atoms. The molecular formula is C19H23ClN2O4S. The van der Waals surface area contributed by atoms with E-state index in [1.54, 1.807) is 30.3 Å². The fraction of sp³-hybridized carbons (Fsp3) is 0.316. The molecule has 0 saturated heterocycles. The van der Waals surface area contributed by atoms with E-state index < -0.39 is 10.0 Å². The summed E-state index contributed by atoms with van der Waals surface area (Å²) in [6.45, 7) is 8.36. The van der Waals surface area contributed by atoms with Crippen LogP contribution in [0.2, 0.25) is 5.02 Å². The van der Waals surface area contributed by atoms with E-state index in [1.165, 1.54) is 6.21 Å². The molecule has 0 atom stereocenters. The van der Waals surface area contributed by atoms with Crippen LogP contribution >= 0.6 is 11.6 Å². The molecule has 0 radical (unpaired) electrons. The first-order valence-electron chi connectivity index (χ1n) is 8.49. The number of ether oxygens (including phenoxy) is 2. The van der Waals surface area contributed by atoms with Crippen molar-refractivity contribution in [1.29, 1.82) is 0 Å². The van der Waals surface area contributed by atoms with Crippen LogP contribution in [-0.4, -0.2) is 27.8 Å². The Morgan fingerprint density at radius 2 is 1.78 bits per heavy atom. The largest absolute Gasteiger partial charge is 0.490 e. The number of nitrogens with zero attached hydrogens (tertiary/aromatic N) is 1. The molecule has 6 nitrogen and oxygen atoms in total. The van der Waals surface area contributed by atoms with Gasteiger partial charge in [0.05, 0.1) is 29.3 Å². The maximum Gasteiger partial charge on any atom is 0.276 e. The van der Waals surface area contributed by atoms with E-state index >= 15 is 0 Å². The molecule has 0 bridgehead atoms. The summed E-state index contributed by atoms with van der Waals surface area (Å²) < 4.78 is 35.8. The smallest absolute Gasteiger partial charge is 0.276 e. The van der Waals surface area contributed by atoms with Gasteiger partial charge in [-0.15, -0.1) is 0 Å². The zero-order chi connectivity index (χ0) is 20.0. The van der Waals surface area contributed by atoms with Crippen LogP contribution in [0.3, 0.4) is 0 Å². The third kappa shape index (κ3) is 5.37. The SMILES string of the molecule is CCOc1cc(/C=N/NS(=O)(=O)c2ccc(C)c(C)c2)cc(Cl)c1OCC. The van der Waals surface area contributed by atoms with Crippen molar-refractivity contribution in [3.05, 3.63) is 52.0 Å². The molecule has 2 aromatic carbocycles. The lowest BCUT2D eigenvalue weighted by Gasteiger charge is -2.13. The van der Waals surface area contributed by atoms with Gasteiger partial charge in [0, 0.05) is 0 Å². The maximum absolute atomic E-state index is 12.4. The molecule has 0 aliphatic carbocycles. The Balaban J connectivity index is 2.23. The number of rotatable bonds is 8. The van der Waals surface area contributed by atoms with E-state index in [9.17, 15) is 8.42 Å². The van der Waals surface area contributed by atoms with E-state index in [0.29, 0.717) is 35.3 Å². The summed E-state index contributed by atoms with van der Waals surface area (Å²) in [5.74, 6) is 0.930. The van der Waals surface area contributed by atoms with Crippen LogP contribution in [-0.2, 0) is 10.0 Å². The normalized spacial score (nSPS) is 11.6. The first-order valence-corrected chi connectivity index (χ1v) is 10.4. The quantitative estimate of drug-likeness (QED) is 0.525. The highest BCUT2D eigenvalue weighted by Gasteiger charge is 2.14. The van der Waals surface area contributed by atoms with Gasteiger partial charge in [0.15, 0.2) is 11.5 Å². The number of benzene rings is 2. The average molecular weight is 411 g/mol. The number of sulfonamides is 1. The van der Waals surface area contributed by atoms with Gasteiger partial charge in [-0.1, -0.05) is 17.7 Å². The summed E-state index contributed by atoms with van der Waals surface area (Å²) in [4.78, 5) is 2.36. The van der Waals surface area contributed by atoms with Gasteiger partial charge in [-0.2, -0.15) is 13.5 Å². The topological polar surface area (TPSA) is 77.0 Å². The molecule has 0 unspecified atom stereocenters. The second-order valence-electron chi connectivity index (χ2n) is 5.80. The van der Waals surface area contributed by atoms with Crippen molar-refractivity contribution in [1.82, 2.24) is 4.83 Å². The number of hydrogen-bond acceptors (Lipinski definition) is 5. The van der Waals surface area contributed by atoms with Gasteiger partial charge in [-0.05, 0) is 68.7 Å². The lowest BCUT2D eigenvalue weighted by molar-refractivity contribution is 0.288. The minimum Gasteiger partial charge on any atom is -0.490 e. The number of hydrogen-bond donors (Lipinski definition) is 1. The van der Waals surface area contributed by atoms with Crippen LogP contribution in [0, 0.1) is 13.8 Å². The molecule has 8 heteroatoms. The van der Waals surface area contributed by atoms with Crippen LogP contribution in [0.4, 0.5) is 0 Å². The highest BCUT2D eigenvalue weighted by Crippen LogP contribution is 2.36. The van der Waals surface area contributed by atoms with Crippen molar-refractivity contribution in [2.45, 2.75) is 32.6 Å². The minimum absolute atomic E-state index is 0.155. The van der Waals surface area contributed by atoms with Crippen molar-refractivity contribution in [2.24, 2.45) is 5.10 Å². The molecule has 27 heavy (non-hydrogen) atoms. The minimum atomic E-state index is -3.75. The first kappa shape index (κ1) is 21.1. The van der Waals surface area contributed by atoms with Crippen molar-refractivity contribution in [2.75, 3.05) is 13.2 Å². The molecule has 2 rings (SSSR count). The monoisotopic (exact) mass is 410 g/mol. The van der Waals surface area contributed by atoms with Crippen LogP contribution in [0.1, 0.15) is 30.5 Å². The summed E-state index contributed by atoms with van der Waals surface area (Å²) in [5, 5.41) is 4.20. The highest BCUT2D eigenvalue weighted by molar-refractivity contribution is 7.89. The summed E-state index contributed by atoms with van der Waals surface area (Å²) in [6.07, 6.45) is 1.36. The number of halogens is 1. The molecule has 0 fully saturated rings. The second-order valence-corrected chi connectivity index (χ2v) is 7.86. The van der Waals surface area contributed by atoms with Gasteiger partial charge in [0.25, 0.3) is 10.0 Å². The average Bonchev–Trinajstić information content (AvgIpc) is 2.60.